The Balaban J connectivity index is 2.30. The van der Waals surface area contributed by atoms with Crippen LogP contribution in [0.15, 0.2) is 17.0 Å². The first-order valence-corrected chi connectivity index (χ1v) is 8.70. The molecule has 2 rings (SSSR count). The van der Waals surface area contributed by atoms with E-state index in [4.69, 9.17) is 16.3 Å². The molecule has 1 aliphatic heterocycles. The molecule has 0 aromatic heterocycles. The number of hydrogen-bond acceptors (Lipinski definition) is 4. The molecule has 1 aromatic carbocycles. The molecular formula is C14H21ClN2O3S. The molecule has 0 aliphatic carbocycles. The number of nitrogens with zero attached hydrogens (tertiary/aromatic N) is 1. The van der Waals surface area contributed by atoms with Gasteiger partial charge in [-0.15, -0.1) is 0 Å². The molecule has 0 saturated carbocycles. The first kappa shape index (κ1) is 16.5. The summed E-state index contributed by atoms with van der Waals surface area (Å²) in [6.07, 6.45) is 0.878. The van der Waals surface area contributed by atoms with Gasteiger partial charge in [0.05, 0.1) is 17.0 Å². The number of rotatable bonds is 5. The van der Waals surface area contributed by atoms with Crippen LogP contribution >= 0.6 is 11.6 Å². The molecule has 1 N–H and O–H groups in total. The first-order chi connectivity index (χ1) is 9.90. The maximum atomic E-state index is 12.8. The summed E-state index contributed by atoms with van der Waals surface area (Å²) in [7, 11) is -0.111. The molecule has 21 heavy (non-hydrogen) atoms. The maximum Gasteiger partial charge on any atom is 0.243 e. The SMILES string of the molecule is CNCC1CCN(S(=O)(=O)c2cc(Cl)c(OC)cc2C)C1. The lowest BCUT2D eigenvalue weighted by Crippen LogP contribution is -2.31. The summed E-state index contributed by atoms with van der Waals surface area (Å²) in [6.45, 7) is 3.69. The van der Waals surface area contributed by atoms with Crippen LogP contribution in [0.4, 0.5) is 0 Å². The van der Waals surface area contributed by atoms with Gasteiger partial charge in [-0.2, -0.15) is 4.31 Å². The predicted octanol–water partition coefficient (Wildman–Crippen LogP) is 1.89. The zero-order chi connectivity index (χ0) is 15.6. The van der Waals surface area contributed by atoms with E-state index >= 15 is 0 Å². The van der Waals surface area contributed by atoms with Crippen LogP contribution in [0.3, 0.4) is 0 Å². The first-order valence-electron chi connectivity index (χ1n) is 6.89. The van der Waals surface area contributed by atoms with Gasteiger partial charge in [0, 0.05) is 13.1 Å². The number of ether oxygens (including phenoxy) is 1. The zero-order valence-electron chi connectivity index (χ0n) is 12.5. The van der Waals surface area contributed by atoms with Gasteiger partial charge in [-0.25, -0.2) is 8.42 Å². The number of methoxy groups -OCH3 is 1. The summed E-state index contributed by atoms with van der Waals surface area (Å²) < 4.78 is 32.2. The Bertz CT molecular complexity index is 619. The van der Waals surface area contributed by atoms with Gasteiger partial charge in [0.2, 0.25) is 10.0 Å². The summed E-state index contributed by atoms with van der Waals surface area (Å²) >= 11 is 6.07. The van der Waals surface area contributed by atoms with Gasteiger partial charge in [-0.05, 0) is 50.6 Å². The highest BCUT2D eigenvalue weighted by atomic mass is 35.5. The summed E-state index contributed by atoms with van der Waals surface area (Å²) in [6, 6.07) is 3.15. The summed E-state index contributed by atoms with van der Waals surface area (Å²) in [5, 5.41) is 3.41. The molecule has 7 heteroatoms. The predicted molar refractivity (Wildman–Crippen MR) is 83.5 cm³/mol. The average Bonchev–Trinajstić information content (AvgIpc) is 2.90. The largest absolute Gasteiger partial charge is 0.495 e. The van der Waals surface area contributed by atoms with Gasteiger partial charge < -0.3 is 10.1 Å². The van der Waals surface area contributed by atoms with Gasteiger partial charge in [0.15, 0.2) is 0 Å². The minimum absolute atomic E-state index is 0.262. The van der Waals surface area contributed by atoms with Crippen LogP contribution in [0.25, 0.3) is 0 Å². The van der Waals surface area contributed by atoms with Crippen LogP contribution in [0, 0.1) is 12.8 Å². The van der Waals surface area contributed by atoms with Crippen LogP contribution in [-0.4, -0.2) is 46.5 Å². The molecule has 0 spiro atoms. The van der Waals surface area contributed by atoms with E-state index in [1.54, 1.807) is 17.3 Å². The highest BCUT2D eigenvalue weighted by Gasteiger charge is 2.33. The minimum Gasteiger partial charge on any atom is -0.495 e. The number of nitrogens with one attached hydrogen (secondary N) is 1. The van der Waals surface area contributed by atoms with Crippen LogP contribution in [0.2, 0.25) is 5.02 Å². The molecule has 0 bridgehead atoms. The fourth-order valence-corrected chi connectivity index (χ4v) is 4.75. The van der Waals surface area contributed by atoms with Gasteiger partial charge in [0.25, 0.3) is 0 Å². The second-order valence-electron chi connectivity index (χ2n) is 5.33. The molecule has 1 heterocycles. The monoisotopic (exact) mass is 332 g/mol. The quantitative estimate of drug-likeness (QED) is 0.894. The molecule has 1 fully saturated rings. The molecule has 0 amide bonds. The van der Waals surface area contributed by atoms with Gasteiger partial charge >= 0.3 is 0 Å². The van der Waals surface area contributed by atoms with Gasteiger partial charge in [0.1, 0.15) is 5.75 Å². The second-order valence-corrected chi connectivity index (χ2v) is 7.64. The fourth-order valence-electron chi connectivity index (χ4n) is 2.68. The van der Waals surface area contributed by atoms with E-state index in [2.05, 4.69) is 5.32 Å². The molecule has 1 unspecified atom stereocenters. The molecular weight excluding hydrogens is 312 g/mol. The van der Waals surface area contributed by atoms with Crippen LogP contribution in [0.1, 0.15) is 12.0 Å². The van der Waals surface area contributed by atoms with Gasteiger partial charge in [-0.1, -0.05) is 11.6 Å². The van der Waals surface area contributed by atoms with E-state index < -0.39 is 10.0 Å². The van der Waals surface area contributed by atoms with Crippen LogP contribution < -0.4 is 10.1 Å². The van der Waals surface area contributed by atoms with Crippen molar-refractivity contribution in [1.29, 1.82) is 0 Å². The molecule has 1 atom stereocenters. The molecule has 1 aliphatic rings. The third kappa shape index (κ3) is 3.34. The van der Waals surface area contributed by atoms with E-state index in [1.807, 2.05) is 7.05 Å². The minimum atomic E-state index is -3.50. The maximum absolute atomic E-state index is 12.8. The lowest BCUT2D eigenvalue weighted by molar-refractivity contribution is 0.414. The summed E-state index contributed by atoms with van der Waals surface area (Å²) in [5.41, 5.74) is 0.647. The van der Waals surface area contributed by atoms with Crippen molar-refractivity contribution in [1.82, 2.24) is 9.62 Å². The fraction of sp³-hybridized carbons (Fsp3) is 0.571. The van der Waals surface area contributed by atoms with Crippen molar-refractivity contribution >= 4 is 21.6 Å². The Morgan fingerprint density at radius 3 is 2.81 bits per heavy atom. The third-order valence-electron chi connectivity index (χ3n) is 3.81. The van der Waals surface area contributed by atoms with E-state index in [0.717, 1.165) is 13.0 Å². The molecule has 5 nitrogen and oxygen atoms in total. The smallest absolute Gasteiger partial charge is 0.243 e. The van der Waals surface area contributed by atoms with Crippen molar-refractivity contribution in [2.45, 2.75) is 18.2 Å². The highest BCUT2D eigenvalue weighted by Crippen LogP contribution is 2.33. The van der Waals surface area contributed by atoms with Crippen LogP contribution in [-0.2, 0) is 10.0 Å². The van der Waals surface area contributed by atoms with Crippen molar-refractivity contribution < 1.29 is 13.2 Å². The highest BCUT2D eigenvalue weighted by molar-refractivity contribution is 7.89. The molecule has 1 aromatic rings. The standard InChI is InChI=1S/C14H21ClN2O3S/c1-10-6-13(20-3)12(15)7-14(10)21(18,19)17-5-4-11(9-17)8-16-2/h6-7,11,16H,4-5,8-9H2,1-3H3. The number of aryl methyl sites for hydroxylation is 1. The number of benzene rings is 1. The number of hydrogen-bond donors (Lipinski definition) is 1. The lowest BCUT2D eigenvalue weighted by atomic mass is 10.1. The Morgan fingerprint density at radius 2 is 2.19 bits per heavy atom. The van der Waals surface area contributed by atoms with Crippen molar-refractivity contribution in [3.8, 4) is 5.75 Å². The summed E-state index contributed by atoms with van der Waals surface area (Å²) in [4.78, 5) is 0.262. The lowest BCUT2D eigenvalue weighted by Gasteiger charge is -2.19. The number of sulfonamides is 1. The summed E-state index contributed by atoms with van der Waals surface area (Å²) in [5.74, 6) is 0.849. The van der Waals surface area contributed by atoms with Crippen LogP contribution in [0.5, 0.6) is 5.75 Å². The molecule has 118 valence electrons. The third-order valence-corrected chi connectivity index (χ3v) is 6.11. The van der Waals surface area contributed by atoms with Crippen molar-refractivity contribution in [2.24, 2.45) is 5.92 Å². The van der Waals surface area contributed by atoms with Crippen molar-refractivity contribution in [3.05, 3.63) is 22.7 Å². The Morgan fingerprint density at radius 1 is 1.48 bits per heavy atom. The average molecular weight is 333 g/mol. The van der Waals surface area contributed by atoms with Crippen molar-refractivity contribution in [2.75, 3.05) is 33.8 Å². The van der Waals surface area contributed by atoms with E-state index in [9.17, 15) is 8.42 Å². The second kappa shape index (κ2) is 6.52. The van der Waals surface area contributed by atoms with E-state index in [0.29, 0.717) is 35.3 Å². The van der Waals surface area contributed by atoms with Crippen molar-refractivity contribution in [3.63, 3.8) is 0 Å². The van der Waals surface area contributed by atoms with Gasteiger partial charge in [-0.3, -0.25) is 0 Å². The topological polar surface area (TPSA) is 58.6 Å². The molecule has 1 saturated heterocycles. The number of halogens is 1. The Hall–Kier alpha value is -0.820. The zero-order valence-corrected chi connectivity index (χ0v) is 14.1. The van der Waals surface area contributed by atoms with E-state index in [-0.39, 0.29) is 4.90 Å². The Kier molecular flexibility index (Phi) is 5.14. The normalized spacial score (nSPS) is 19.9. The Labute approximate surface area is 131 Å². The molecule has 0 radical (unpaired) electrons. The van der Waals surface area contributed by atoms with E-state index in [1.165, 1.54) is 13.2 Å².